The Morgan fingerprint density at radius 3 is 2.65 bits per heavy atom. The SMILES string of the molecule is Cc1c(CC=O)cccc1-c1nnc(-c2ccc(OC(C)C)c(Cl)c2)s1. The monoisotopic (exact) mass is 386 g/mol. The molecule has 6 heteroatoms. The fourth-order valence-corrected chi connectivity index (χ4v) is 3.81. The van der Waals surface area contributed by atoms with Gasteiger partial charge < -0.3 is 9.53 Å². The molecule has 0 atom stereocenters. The molecule has 0 spiro atoms. The number of halogens is 1. The number of carbonyl (C=O) groups is 1. The highest BCUT2D eigenvalue weighted by Gasteiger charge is 2.14. The number of nitrogens with zero attached hydrogens (tertiary/aromatic N) is 2. The van der Waals surface area contributed by atoms with Crippen LogP contribution in [0.1, 0.15) is 25.0 Å². The van der Waals surface area contributed by atoms with Gasteiger partial charge in [0, 0.05) is 17.5 Å². The van der Waals surface area contributed by atoms with Gasteiger partial charge in [-0.1, -0.05) is 41.1 Å². The van der Waals surface area contributed by atoms with Crippen LogP contribution in [0, 0.1) is 6.92 Å². The Bertz CT molecular complexity index is 937. The molecule has 3 rings (SSSR count). The third-order valence-electron chi connectivity index (χ3n) is 3.95. The zero-order chi connectivity index (χ0) is 18.7. The van der Waals surface area contributed by atoms with Crippen molar-refractivity contribution in [2.24, 2.45) is 0 Å². The number of hydrogen-bond acceptors (Lipinski definition) is 5. The van der Waals surface area contributed by atoms with Gasteiger partial charge in [-0.25, -0.2) is 0 Å². The van der Waals surface area contributed by atoms with E-state index in [4.69, 9.17) is 16.3 Å². The highest BCUT2D eigenvalue weighted by Crippen LogP contribution is 2.35. The summed E-state index contributed by atoms with van der Waals surface area (Å²) in [6, 6.07) is 11.5. The lowest BCUT2D eigenvalue weighted by atomic mass is 10.0. The van der Waals surface area contributed by atoms with Gasteiger partial charge in [0.2, 0.25) is 0 Å². The summed E-state index contributed by atoms with van der Waals surface area (Å²) in [4.78, 5) is 10.8. The van der Waals surface area contributed by atoms with E-state index in [-0.39, 0.29) is 6.10 Å². The molecule has 1 aromatic heterocycles. The second-order valence-corrected chi connectivity index (χ2v) is 7.57. The van der Waals surface area contributed by atoms with E-state index < -0.39 is 0 Å². The molecule has 0 radical (unpaired) electrons. The maximum absolute atomic E-state index is 10.8. The first-order valence-corrected chi connectivity index (χ1v) is 9.51. The quantitative estimate of drug-likeness (QED) is 0.535. The Morgan fingerprint density at radius 1 is 1.19 bits per heavy atom. The van der Waals surface area contributed by atoms with Crippen LogP contribution >= 0.6 is 22.9 Å². The highest BCUT2D eigenvalue weighted by molar-refractivity contribution is 7.17. The number of hydrogen-bond donors (Lipinski definition) is 0. The molecule has 1 heterocycles. The van der Waals surface area contributed by atoms with Crippen LogP contribution in [0.3, 0.4) is 0 Å². The van der Waals surface area contributed by atoms with Gasteiger partial charge in [0.15, 0.2) is 0 Å². The summed E-state index contributed by atoms with van der Waals surface area (Å²) in [5.74, 6) is 0.660. The van der Waals surface area contributed by atoms with Crippen LogP contribution in [-0.2, 0) is 11.2 Å². The van der Waals surface area contributed by atoms with Crippen molar-refractivity contribution < 1.29 is 9.53 Å². The largest absolute Gasteiger partial charge is 0.489 e. The lowest BCUT2D eigenvalue weighted by Gasteiger charge is -2.11. The maximum Gasteiger partial charge on any atom is 0.148 e. The summed E-state index contributed by atoms with van der Waals surface area (Å²) in [5, 5.41) is 10.8. The molecule has 0 bridgehead atoms. The Hall–Kier alpha value is -2.24. The molecule has 0 saturated heterocycles. The number of aromatic nitrogens is 2. The standard InChI is InChI=1S/C20H19ClN2O2S/c1-12(2)25-18-8-7-15(11-17(18)21)19-22-23-20(26-19)16-6-4-5-14(9-10-24)13(16)3/h4-8,10-12H,9H2,1-3H3. The number of aldehydes is 1. The summed E-state index contributed by atoms with van der Waals surface area (Å²) in [5.41, 5.74) is 3.96. The van der Waals surface area contributed by atoms with E-state index in [9.17, 15) is 4.79 Å². The number of rotatable bonds is 6. The average molecular weight is 387 g/mol. The molecule has 0 aliphatic carbocycles. The molecule has 4 nitrogen and oxygen atoms in total. The lowest BCUT2D eigenvalue weighted by Crippen LogP contribution is -2.05. The van der Waals surface area contributed by atoms with Gasteiger partial charge in [0.25, 0.3) is 0 Å². The minimum absolute atomic E-state index is 0.0631. The van der Waals surface area contributed by atoms with Crippen molar-refractivity contribution in [3.63, 3.8) is 0 Å². The summed E-state index contributed by atoms with van der Waals surface area (Å²) in [7, 11) is 0. The molecular weight excluding hydrogens is 368 g/mol. The van der Waals surface area contributed by atoms with Crippen LogP contribution in [0.5, 0.6) is 5.75 Å². The molecule has 26 heavy (non-hydrogen) atoms. The van der Waals surface area contributed by atoms with E-state index in [1.165, 1.54) is 11.3 Å². The molecule has 3 aromatic rings. The summed E-state index contributed by atoms with van der Waals surface area (Å²) >= 11 is 7.82. The van der Waals surface area contributed by atoms with Crippen LogP contribution in [0.15, 0.2) is 36.4 Å². The first-order chi connectivity index (χ1) is 12.5. The summed E-state index contributed by atoms with van der Waals surface area (Å²) < 4.78 is 5.67. The predicted octanol–water partition coefficient (Wildman–Crippen LogP) is 5.36. The molecule has 0 aliphatic rings. The zero-order valence-corrected chi connectivity index (χ0v) is 16.4. The average Bonchev–Trinajstić information content (AvgIpc) is 3.08. The van der Waals surface area contributed by atoms with Gasteiger partial charge in [0.05, 0.1) is 11.1 Å². The van der Waals surface area contributed by atoms with Crippen molar-refractivity contribution in [3.05, 3.63) is 52.5 Å². The molecule has 134 valence electrons. The van der Waals surface area contributed by atoms with Crippen molar-refractivity contribution >= 4 is 29.2 Å². The van der Waals surface area contributed by atoms with E-state index in [2.05, 4.69) is 10.2 Å². The predicted molar refractivity (Wildman–Crippen MR) is 106 cm³/mol. The lowest BCUT2D eigenvalue weighted by molar-refractivity contribution is -0.107. The topological polar surface area (TPSA) is 52.1 Å². The highest BCUT2D eigenvalue weighted by atomic mass is 35.5. The zero-order valence-electron chi connectivity index (χ0n) is 14.8. The van der Waals surface area contributed by atoms with Crippen molar-refractivity contribution in [1.29, 1.82) is 0 Å². The van der Waals surface area contributed by atoms with Crippen LogP contribution in [0.4, 0.5) is 0 Å². The molecule has 2 aromatic carbocycles. The fraction of sp³-hybridized carbons (Fsp3) is 0.250. The van der Waals surface area contributed by atoms with Crippen molar-refractivity contribution in [2.45, 2.75) is 33.3 Å². The van der Waals surface area contributed by atoms with Gasteiger partial charge in [-0.15, -0.1) is 10.2 Å². The Kier molecular flexibility index (Phi) is 5.69. The van der Waals surface area contributed by atoms with E-state index in [1.54, 1.807) is 0 Å². The smallest absolute Gasteiger partial charge is 0.148 e. The third kappa shape index (κ3) is 3.94. The van der Waals surface area contributed by atoms with Gasteiger partial charge in [-0.05, 0) is 50.1 Å². The molecule has 0 aliphatic heterocycles. The summed E-state index contributed by atoms with van der Waals surface area (Å²) in [6.07, 6.45) is 1.38. The first kappa shape index (κ1) is 18.5. The van der Waals surface area contributed by atoms with Gasteiger partial charge in [-0.2, -0.15) is 0 Å². The minimum atomic E-state index is 0.0631. The maximum atomic E-state index is 10.8. The summed E-state index contributed by atoms with van der Waals surface area (Å²) in [6.45, 7) is 5.93. The van der Waals surface area contributed by atoms with Crippen LogP contribution in [0.25, 0.3) is 21.1 Å². The molecule has 0 fully saturated rings. The van der Waals surface area contributed by atoms with Crippen molar-refractivity contribution in [3.8, 4) is 26.9 Å². The van der Waals surface area contributed by atoms with Gasteiger partial charge >= 0.3 is 0 Å². The number of carbonyl (C=O) groups excluding carboxylic acids is 1. The van der Waals surface area contributed by atoms with E-state index in [0.717, 1.165) is 38.6 Å². The number of benzene rings is 2. The van der Waals surface area contributed by atoms with Gasteiger partial charge in [-0.3, -0.25) is 0 Å². The number of ether oxygens (including phenoxy) is 1. The van der Waals surface area contributed by atoms with E-state index in [0.29, 0.717) is 17.2 Å². The second kappa shape index (κ2) is 7.98. The minimum Gasteiger partial charge on any atom is -0.489 e. The molecule has 0 unspecified atom stereocenters. The van der Waals surface area contributed by atoms with Crippen LogP contribution in [-0.4, -0.2) is 22.6 Å². The third-order valence-corrected chi connectivity index (χ3v) is 5.25. The fourth-order valence-electron chi connectivity index (χ4n) is 2.66. The van der Waals surface area contributed by atoms with Gasteiger partial charge in [0.1, 0.15) is 22.1 Å². The molecule has 0 N–H and O–H groups in total. The first-order valence-electron chi connectivity index (χ1n) is 8.32. The second-order valence-electron chi connectivity index (χ2n) is 6.18. The Labute approximate surface area is 161 Å². The molecular formula is C20H19ClN2O2S. The van der Waals surface area contributed by atoms with Crippen LogP contribution in [0.2, 0.25) is 5.02 Å². The Morgan fingerprint density at radius 2 is 1.96 bits per heavy atom. The van der Waals surface area contributed by atoms with Crippen molar-refractivity contribution in [1.82, 2.24) is 10.2 Å². The van der Waals surface area contributed by atoms with Crippen LogP contribution < -0.4 is 4.74 Å². The Balaban J connectivity index is 1.92. The van der Waals surface area contributed by atoms with E-state index in [1.807, 2.05) is 57.2 Å². The van der Waals surface area contributed by atoms with Crippen molar-refractivity contribution in [2.75, 3.05) is 0 Å². The normalized spacial score (nSPS) is 11.0. The molecule has 0 saturated carbocycles. The van der Waals surface area contributed by atoms with E-state index >= 15 is 0 Å². The molecule has 0 amide bonds.